The zero-order valence-electron chi connectivity index (χ0n) is 19.0. The summed E-state index contributed by atoms with van der Waals surface area (Å²) in [6.07, 6.45) is -2.94. The number of rotatable bonds is 3. The van der Waals surface area contributed by atoms with Crippen molar-refractivity contribution in [1.29, 1.82) is 0 Å². The van der Waals surface area contributed by atoms with Gasteiger partial charge in [0, 0.05) is 37.7 Å². The minimum Gasteiger partial charge on any atom is -0.477 e. The second-order valence-electron chi connectivity index (χ2n) is 7.47. The molecule has 35 heavy (non-hydrogen) atoms. The fourth-order valence-electron chi connectivity index (χ4n) is 2.94. The first-order valence-corrected chi connectivity index (χ1v) is 10.2. The molecule has 2 heterocycles. The molecule has 183 valence electrons. The van der Waals surface area contributed by atoms with Crippen LogP contribution in [0.1, 0.15) is 33.0 Å². The van der Waals surface area contributed by atoms with E-state index in [0.717, 1.165) is 34.6 Å². The third-order valence-electron chi connectivity index (χ3n) is 4.91. The summed E-state index contributed by atoms with van der Waals surface area (Å²) in [5.74, 6) is -0.990. The summed E-state index contributed by atoms with van der Waals surface area (Å²) >= 11 is 0. The predicted octanol–water partition coefficient (Wildman–Crippen LogP) is 6.33. The van der Waals surface area contributed by atoms with E-state index in [1.165, 1.54) is 18.3 Å². The molecule has 0 saturated carbocycles. The zero-order chi connectivity index (χ0) is 24.9. The van der Waals surface area contributed by atoms with Crippen molar-refractivity contribution >= 4 is 5.97 Å². The van der Waals surface area contributed by atoms with Gasteiger partial charge in [-0.3, -0.25) is 9.97 Å². The number of carboxylic acid groups (broad SMARTS) is 1. The van der Waals surface area contributed by atoms with Crippen molar-refractivity contribution in [1.82, 2.24) is 15.0 Å². The van der Waals surface area contributed by atoms with Gasteiger partial charge in [-0.15, -0.1) is 29.8 Å². The Bertz CT molecular complexity index is 1280. The van der Waals surface area contributed by atoms with Crippen molar-refractivity contribution in [3.8, 4) is 22.5 Å². The first kappa shape index (κ1) is 27.8. The molecular formula is C26H21F3IrN3O2-. The van der Waals surface area contributed by atoms with Gasteiger partial charge in [0.25, 0.3) is 0 Å². The second-order valence-corrected chi connectivity index (χ2v) is 7.47. The summed E-state index contributed by atoms with van der Waals surface area (Å²) in [5, 5.41) is 8.32. The fraction of sp³-hybridized carbons (Fsp3) is 0.154. The number of hydrogen-bond acceptors (Lipinski definition) is 4. The number of hydrogen-bond donors (Lipinski definition) is 1. The standard InChI is InChI=1S/C20H16F3N2.C6H5NO2.Ir/c1-12-4-6-15(7-5-12)18-19(25-14(3)13(2)24-18)16-8-10-17(11-9-16)20(21,22)23;8-6(9)5-3-1-2-4-7-5;/h4-8,10-11H,1-3H3;1-4H,(H,8,9);/q-1;;. The van der Waals surface area contributed by atoms with Crippen LogP contribution in [-0.4, -0.2) is 26.0 Å². The average Bonchev–Trinajstić information content (AvgIpc) is 2.82. The number of pyridine rings is 1. The van der Waals surface area contributed by atoms with E-state index >= 15 is 0 Å². The first-order chi connectivity index (χ1) is 16.1. The van der Waals surface area contributed by atoms with Gasteiger partial charge in [0.15, 0.2) is 0 Å². The van der Waals surface area contributed by atoms with Gasteiger partial charge in [-0.05, 0) is 44.0 Å². The van der Waals surface area contributed by atoms with E-state index in [1.807, 2.05) is 45.0 Å². The third-order valence-corrected chi connectivity index (χ3v) is 4.91. The molecule has 0 bridgehead atoms. The van der Waals surface area contributed by atoms with E-state index < -0.39 is 17.7 Å². The maximum Gasteiger partial charge on any atom is 0.381 e. The zero-order valence-corrected chi connectivity index (χ0v) is 21.4. The van der Waals surface area contributed by atoms with Gasteiger partial charge in [0.05, 0.1) is 11.4 Å². The normalized spacial score (nSPS) is 10.6. The van der Waals surface area contributed by atoms with Gasteiger partial charge < -0.3 is 5.11 Å². The Morgan fingerprint density at radius 1 is 0.886 bits per heavy atom. The smallest absolute Gasteiger partial charge is 0.381 e. The monoisotopic (exact) mass is 657 g/mol. The second kappa shape index (κ2) is 11.8. The molecule has 0 spiro atoms. The summed E-state index contributed by atoms with van der Waals surface area (Å²) in [6.45, 7) is 5.68. The number of aromatic nitrogens is 3. The van der Waals surface area contributed by atoms with Crippen molar-refractivity contribution in [2.24, 2.45) is 0 Å². The van der Waals surface area contributed by atoms with Crippen molar-refractivity contribution in [2.75, 3.05) is 0 Å². The molecular weight excluding hydrogens is 636 g/mol. The van der Waals surface area contributed by atoms with E-state index in [-0.39, 0.29) is 25.8 Å². The third kappa shape index (κ3) is 7.28. The summed E-state index contributed by atoms with van der Waals surface area (Å²) < 4.78 is 38.3. The molecule has 4 rings (SSSR count). The molecule has 0 aliphatic carbocycles. The molecule has 5 nitrogen and oxygen atoms in total. The first-order valence-electron chi connectivity index (χ1n) is 10.2. The Morgan fingerprint density at radius 3 is 1.97 bits per heavy atom. The Kier molecular flexibility index (Phi) is 9.39. The van der Waals surface area contributed by atoms with E-state index in [0.29, 0.717) is 17.0 Å². The number of benzene rings is 2. The van der Waals surface area contributed by atoms with E-state index in [4.69, 9.17) is 5.11 Å². The molecule has 0 amide bonds. The summed E-state index contributed by atoms with van der Waals surface area (Å²) in [4.78, 5) is 22.9. The van der Waals surface area contributed by atoms with Crippen molar-refractivity contribution in [3.05, 3.63) is 101 Å². The van der Waals surface area contributed by atoms with E-state index in [9.17, 15) is 18.0 Å². The van der Waals surface area contributed by atoms with Crippen LogP contribution in [0.15, 0.2) is 66.9 Å². The molecule has 1 N–H and O–H groups in total. The number of carboxylic acids is 1. The van der Waals surface area contributed by atoms with Crippen LogP contribution in [0.4, 0.5) is 13.2 Å². The molecule has 0 atom stereocenters. The van der Waals surface area contributed by atoms with Crippen LogP contribution in [0.5, 0.6) is 0 Å². The summed E-state index contributed by atoms with van der Waals surface area (Å²) in [5.41, 5.74) is 4.50. The number of nitrogens with zero attached hydrogens (tertiary/aromatic N) is 3. The van der Waals surface area contributed by atoms with Crippen molar-refractivity contribution in [3.63, 3.8) is 0 Å². The van der Waals surface area contributed by atoms with Crippen LogP contribution in [0, 0.1) is 26.8 Å². The van der Waals surface area contributed by atoms with Gasteiger partial charge >= 0.3 is 12.1 Å². The Hall–Kier alpha value is -3.42. The number of alkyl halides is 3. The molecule has 4 aromatic rings. The van der Waals surface area contributed by atoms with Crippen LogP contribution in [0.25, 0.3) is 22.5 Å². The van der Waals surface area contributed by atoms with Crippen LogP contribution < -0.4 is 0 Å². The van der Waals surface area contributed by atoms with E-state index in [1.54, 1.807) is 12.1 Å². The Morgan fingerprint density at radius 2 is 1.51 bits per heavy atom. The fourth-order valence-corrected chi connectivity index (χ4v) is 2.94. The van der Waals surface area contributed by atoms with Crippen LogP contribution in [0.2, 0.25) is 0 Å². The van der Waals surface area contributed by atoms with Gasteiger partial charge in [-0.2, -0.15) is 13.2 Å². The molecule has 0 saturated heterocycles. The number of halogens is 3. The molecule has 1 radical (unpaired) electrons. The molecule has 2 aromatic heterocycles. The Balaban J connectivity index is 0.000000366. The number of carbonyl (C=O) groups is 1. The maximum absolute atomic E-state index is 12.8. The van der Waals surface area contributed by atoms with Gasteiger partial charge in [0.1, 0.15) is 5.69 Å². The Labute approximate surface area is 214 Å². The van der Waals surface area contributed by atoms with E-state index in [2.05, 4.69) is 21.0 Å². The molecule has 0 unspecified atom stereocenters. The summed E-state index contributed by atoms with van der Waals surface area (Å²) in [6, 6.07) is 18.6. The molecule has 0 aliphatic rings. The summed E-state index contributed by atoms with van der Waals surface area (Å²) in [7, 11) is 0. The largest absolute Gasteiger partial charge is 0.477 e. The number of aromatic carboxylic acids is 1. The topological polar surface area (TPSA) is 76.0 Å². The van der Waals surface area contributed by atoms with Gasteiger partial charge in [-0.1, -0.05) is 35.9 Å². The van der Waals surface area contributed by atoms with Crippen molar-refractivity contribution < 1.29 is 43.2 Å². The quantitative estimate of drug-likeness (QED) is 0.261. The molecule has 0 aliphatic heterocycles. The SMILES string of the molecule is Cc1ccc(-c2nc(C)c(C)nc2-c2[c-]cc(C(F)(F)F)cc2)cc1.O=C(O)c1ccccn1.[Ir]. The van der Waals surface area contributed by atoms with Crippen molar-refractivity contribution in [2.45, 2.75) is 26.9 Å². The average molecular weight is 657 g/mol. The predicted molar refractivity (Wildman–Crippen MR) is 122 cm³/mol. The molecule has 9 heteroatoms. The van der Waals surface area contributed by atoms with Crippen LogP contribution >= 0.6 is 0 Å². The number of aryl methyl sites for hydroxylation is 3. The van der Waals surface area contributed by atoms with Crippen LogP contribution in [-0.2, 0) is 26.3 Å². The van der Waals surface area contributed by atoms with Gasteiger partial charge in [0.2, 0.25) is 0 Å². The maximum atomic E-state index is 12.8. The minimum absolute atomic E-state index is 0. The molecule has 0 fully saturated rings. The minimum atomic E-state index is -4.39. The molecule has 2 aromatic carbocycles. The van der Waals surface area contributed by atoms with Crippen LogP contribution in [0.3, 0.4) is 0 Å². The van der Waals surface area contributed by atoms with Gasteiger partial charge in [-0.25, -0.2) is 9.78 Å².